The van der Waals surface area contributed by atoms with Crippen molar-refractivity contribution in [3.63, 3.8) is 0 Å². The molecule has 1 aromatic rings. The third-order valence-corrected chi connectivity index (χ3v) is 4.41. The van der Waals surface area contributed by atoms with Crippen LogP contribution in [0.15, 0.2) is 23.1 Å². The summed E-state index contributed by atoms with van der Waals surface area (Å²) in [5.74, 6) is 0.351. The summed E-state index contributed by atoms with van der Waals surface area (Å²) in [7, 11) is -3.85. The van der Waals surface area contributed by atoms with Crippen molar-refractivity contribution in [3.8, 4) is 11.5 Å². The highest BCUT2D eigenvalue weighted by atomic mass is 35.5. The lowest BCUT2D eigenvalue weighted by molar-refractivity contribution is -0.120. The van der Waals surface area contributed by atoms with Gasteiger partial charge in [0.1, 0.15) is 0 Å². The number of nitrogens with two attached hydrogens (primary N) is 1. The largest absolute Gasteiger partial charge is 0.490 e. The predicted octanol–water partition coefficient (Wildman–Crippen LogP) is 0.648. The van der Waals surface area contributed by atoms with Crippen molar-refractivity contribution < 1.29 is 22.7 Å². The fraction of sp³-hybridized carbons (Fsp3) is 0.533. The zero-order valence-corrected chi connectivity index (χ0v) is 16.2. The van der Waals surface area contributed by atoms with E-state index in [2.05, 4.69) is 10.0 Å². The van der Waals surface area contributed by atoms with Crippen LogP contribution in [0, 0.1) is 0 Å². The maximum absolute atomic E-state index is 12.3. The topological polar surface area (TPSA) is 120 Å². The van der Waals surface area contributed by atoms with Crippen molar-refractivity contribution in [2.75, 3.05) is 26.3 Å². The molecule has 1 rings (SSSR count). The second-order valence-corrected chi connectivity index (χ2v) is 6.77. The predicted molar refractivity (Wildman–Crippen MR) is 97.9 cm³/mol. The van der Waals surface area contributed by atoms with Gasteiger partial charge >= 0.3 is 0 Å². The second kappa shape index (κ2) is 11.1. The molecule has 0 saturated heterocycles. The summed E-state index contributed by atoms with van der Waals surface area (Å²) in [6, 6.07) is 4.07. The van der Waals surface area contributed by atoms with Gasteiger partial charge in [0.25, 0.3) is 0 Å². The van der Waals surface area contributed by atoms with E-state index in [1.54, 1.807) is 13.8 Å². The standard InChI is InChI=1S/C15H25N3O5S.ClH/c1-4-22-13-7-6-12(8-14(13)23-5-2)24(20,21)17-10-15(19)18-11(3)9-16;/h6-8,11,17H,4-5,9-10,16H2,1-3H3,(H,18,19);1H/t11-;/m0./s1. The number of sulfonamides is 1. The van der Waals surface area contributed by atoms with E-state index in [1.807, 2.05) is 6.92 Å². The van der Waals surface area contributed by atoms with Crippen LogP contribution in [0.2, 0.25) is 0 Å². The molecule has 144 valence electrons. The third kappa shape index (κ3) is 7.47. The minimum atomic E-state index is -3.85. The number of halogens is 1. The molecule has 0 heterocycles. The van der Waals surface area contributed by atoms with Crippen molar-refractivity contribution in [2.24, 2.45) is 5.73 Å². The van der Waals surface area contributed by atoms with E-state index in [4.69, 9.17) is 15.2 Å². The summed E-state index contributed by atoms with van der Waals surface area (Å²) < 4.78 is 37.7. The number of carbonyl (C=O) groups excluding carboxylic acids is 1. The van der Waals surface area contributed by atoms with Gasteiger partial charge in [-0.2, -0.15) is 0 Å². The molecule has 1 amide bonds. The summed E-state index contributed by atoms with van der Waals surface area (Å²) >= 11 is 0. The first-order valence-electron chi connectivity index (χ1n) is 7.72. The van der Waals surface area contributed by atoms with E-state index in [0.717, 1.165) is 0 Å². The van der Waals surface area contributed by atoms with Crippen molar-refractivity contribution in [2.45, 2.75) is 31.7 Å². The van der Waals surface area contributed by atoms with Gasteiger partial charge in [-0.25, -0.2) is 13.1 Å². The molecular formula is C15H26ClN3O5S. The Morgan fingerprint density at radius 2 is 1.80 bits per heavy atom. The Hall–Kier alpha value is -1.55. The van der Waals surface area contributed by atoms with Crippen LogP contribution in [0.25, 0.3) is 0 Å². The Kier molecular flexibility index (Phi) is 10.4. The molecule has 0 unspecified atom stereocenters. The van der Waals surface area contributed by atoms with Gasteiger partial charge in [0.2, 0.25) is 15.9 Å². The van der Waals surface area contributed by atoms with Gasteiger partial charge in [0.05, 0.1) is 24.7 Å². The quantitative estimate of drug-likeness (QED) is 0.535. The van der Waals surface area contributed by atoms with Crippen LogP contribution < -0.4 is 25.2 Å². The maximum atomic E-state index is 12.3. The molecule has 8 nitrogen and oxygen atoms in total. The Labute approximate surface area is 154 Å². The van der Waals surface area contributed by atoms with Gasteiger partial charge in [-0.1, -0.05) is 0 Å². The molecule has 25 heavy (non-hydrogen) atoms. The van der Waals surface area contributed by atoms with E-state index in [9.17, 15) is 13.2 Å². The monoisotopic (exact) mass is 395 g/mol. The Morgan fingerprint density at radius 1 is 1.20 bits per heavy atom. The molecule has 0 saturated carbocycles. The van der Waals surface area contributed by atoms with Gasteiger partial charge in [0.15, 0.2) is 11.5 Å². The van der Waals surface area contributed by atoms with Crippen LogP contribution in [-0.2, 0) is 14.8 Å². The zero-order chi connectivity index (χ0) is 18.2. The average Bonchev–Trinajstić information content (AvgIpc) is 2.55. The first kappa shape index (κ1) is 23.4. The molecular weight excluding hydrogens is 370 g/mol. The van der Waals surface area contributed by atoms with Crippen LogP contribution in [0.4, 0.5) is 0 Å². The summed E-state index contributed by atoms with van der Waals surface area (Å²) in [5.41, 5.74) is 5.40. The number of rotatable bonds is 10. The van der Waals surface area contributed by atoms with Gasteiger partial charge in [-0.15, -0.1) is 12.4 Å². The lowest BCUT2D eigenvalue weighted by atomic mass is 10.3. The highest BCUT2D eigenvalue weighted by molar-refractivity contribution is 7.89. The van der Waals surface area contributed by atoms with Crippen LogP contribution in [0.5, 0.6) is 11.5 Å². The maximum Gasteiger partial charge on any atom is 0.241 e. The van der Waals surface area contributed by atoms with Crippen molar-refractivity contribution >= 4 is 28.3 Å². The number of nitrogens with one attached hydrogen (secondary N) is 2. The smallest absolute Gasteiger partial charge is 0.241 e. The van der Waals surface area contributed by atoms with E-state index in [1.165, 1.54) is 18.2 Å². The number of ether oxygens (including phenoxy) is 2. The Balaban J connectivity index is 0.00000576. The number of benzene rings is 1. The highest BCUT2D eigenvalue weighted by Gasteiger charge is 2.18. The molecule has 0 aliphatic heterocycles. The Morgan fingerprint density at radius 3 is 2.36 bits per heavy atom. The molecule has 0 aliphatic carbocycles. The van der Waals surface area contributed by atoms with E-state index in [0.29, 0.717) is 24.7 Å². The molecule has 0 radical (unpaired) electrons. The summed E-state index contributed by atoms with van der Waals surface area (Å²) in [5, 5.41) is 2.58. The molecule has 0 bridgehead atoms. The van der Waals surface area contributed by atoms with Gasteiger partial charge in [-0.05, 0) is 32.9 Å². The molecule has 4 N–H and O–H groups in total. The fourth-order valence-corrected chi connectivity index (χ4v) is 2.82. The zero-order valence-electron chi connectivity index (χ0n) is 14.6. The summed E-state index contributed by atoms with van der Waals surface area (Å²) in [4.78, 5) is 11.7. The van der Waals surface area contributed by atoms with E-state index in [-0.39, 0.29) is 36.4 Å². The lowest BCUT2D eigenvalue weighted by Crippen LogP contribution is -2.43. The second-order valence-electron chi connectivity index (χ2n) is 5.00. The van der Waals surface area contributed by atoms with Gasteiger partial charge < -0.3 is 20.5 Å². The van der Waals surface area contributed by atoms with Crippen molar-refractivity contribution in [1.82, 2.24) is 10.0 Å². The fourth-order valence-electron chi connectivity index (χ4n) is 1.83. The van der Waals surface area contributed by atoms with Crippen molar-refractivity contribution in [3.05, 3.63) is 18.2 Å². The summed E-state index contributed by atoms with van der Waals surface area (Å²) in [6.45, 7) is 6.05. The highest BCUT2D eigenvalue weighted by Crippen LogP contribution is 2.30. The minimum Gasteiger partial charge on any atom is -0.490 e. The van der Waals surface area contributed by atoms with Gasteiger partial charge in [-0.3, -0.25) is 4.79 Å². The molecule has 0 spiro atoms. The minimum absolute atomic E-state index is 0. The van der Waals surface area contributed by atoms with E-state index >= 15 is 0 Å². The first-order valence-corrected chi connectivity index (χ1v) is 9.21. The van der Waals surface area contributed by atoms with E-state index < -0.39 is 15.9 Å². The average molecular weight is 396 g/mol. The molecule has 1 aromatic carbocycles. The van der Waals surface area contributed by atoms with Crippen LogP contribution in [0.3, 0.4) is 0 Å². The molecule has 0 fully saturated rings. The third-order valence-electron chi connectivity index (χ3n) is 3.01. The normalized spacial score (nSPS) is 12.0. The number of hydrogen-bond acceptors (Lipinski definition) is 6. The molecule has 10 heteroatoms. The van der Waals surface area contributed by atoms with Crippen LogP contribution in [0.1, 0.15) is 20.8 Å². The number of carbonyl (C=O) groups is 1. The first-order chi connectivity index (χ1) is 11.3. The van der Waals surface area contributed by atoms with Gasteiger partial charge in [0, 0.05) is 18.7 Å². The Bertz CT molecular complexity index is 655. The van der Waals surface area contributed by atoms with Crippen molar-refractivity contribution in [1.29, 1.82) is 0 Å². The molecule has 0 aromatic heterocycles. The number of amides is 1. The summed E-state index contributed by atoms with van der Waals surface area (Å²) in [6.07, 6.45) is 0. The number of hydrogen-bond donors (Lipinski definition) is 3. The van der Waals surface area contributed by atoms with Crippen LogP contribution >= 0.6 is 12.4 Å². The SMILES string of the molecule is CCOc1ccc(S(=O)(=O)NCC(=O)N[C@@H](C)CN)cc1OCC.Cl. The molecule has 0 aliphatic rings. The molecule has 1 atom stereocenters. The lowest BCUT2D eigenvalue weighted by Gasteiger charge is -2.14. The van der Waals surface area contributed by atoms with Crippen LogP contribution in [-0.4, -0.2) is 46.7 Å².